The van der Waals surface area contributed by atoms with E-state index in [-0.39, 0.29) is 30.3 Å². The molecule has 3 aliphatic rings. The largest absolute Gasteiger partial charge is 0.379 e. The van der Waals surface area contributed by atoms with Gasteiger partial charge in [0.05, 0.1) is 44.2 Å². The second-order valence-electron chi connectivity index (χ2n) is 14.4. The van der Waals surface area contributed by atoms with E-state index in [0.717, 1.165) is 78.1 Å². The quantitative estimate of drug-likeness (QED) is 0.0713. The summed E-state index contributed by atoms with van der Waals surface area (Å²) in [5.41, 5.74) is 4.00. The molecule has 2 saturated heterocycles. The van der Waals surface area contributed by atoms with Gasteiger partial charge in [0, 0.05) is 70.9 Å². The molecule has 2 amide bonds. The Kier molecular flexibility index (Phi) is 15.7. The number of carbonyl (C=O) groups is 3. The molecule has 2 aromatic heterocycles. The highest BCUT2D eigenvalue weighted by molar-refractivity contribution is 8.00. The number of thioether (sulfide) groups is 1. The Balaban J connectivity index is 0.773. The van der Waals surface area contributed by atoms with E-state index in [1.165, 1.54) is 4.88 Å². The zero-order chi connectivity index (χ0) is 38.6. The minimum Gasteiger partial charge on any atom is -0.379 e. The molecule has 298 valence electrons. The fraction of sp³-hybridized carbons (Fsp3) is 0.600. The van der Waals surface area contributed by atoms with Crippen LogP contribution in [-0.2, 0) is 23.8 Å². The van der Waals surface area contributed by atoms with Crippen molar-refractivity contribution >= 4 is 58.0 Å². The molecule has 3 aromatic rings. The van der Waals surface area contributed by atoms with Gasteiger partial charge in [-0.1, -0.05) is 30.2 Å². The molecule has 6 rings (SSSR count). The lowest BCUT2D eigenvalue weighted by Gasteiger charge is -2.16. The van der Waals surface area contributed by atoms with Crippen molar-refractivity contribution in [3.63, 3.8) is 0 Å². The molecule has 2 N–H and O–H groups in total. The molecule has 0 bridgehead atoms. The molecule has 55 heavy (non-hydrogen) atoms. The van der Waals surface area contributed by atoms with Crippen LogP contribution in [0.15, 0.2) is 35.6 Å². The number of hydrogen-bond donors (Lipinski definition) is 2. The second-order valence-corrected chi connectivity index (χ2v) is 17.3. The Bertz CT molecular complexity index is 1780. The number of nitrogens with zero attached hydrogens (tertiary/aromatic N) is 4. The maximum atomic E-state index is 13.2. The average molecular weight is 813 g/mol. The fourth-order valence-corrected chi connectivity index (χ4v) is 10.1. The van der Waals surface area contributed by atoms with Crippen LogP contribution in [0.2, 0.25) is 5.02 Å². The summed E-state index contributed by atoms with van der Waals surface area (Å²) in [4.78, 5) is 43.3. The monoisotopic (exact) mass is 812 g/mol. The number of urea groups is 1. The first kappa shape index (κ1) is 41.5. The number of halogens is 1. The molecule has 1 aromatic carbocycles. The summed E-state index contributed by atoms with van der Waals surface area (Å²) in [6.07, 6.45) is 9.86. The number of aliphatic imine (C=N–C) groups is 1. The Hall–Kier alpha value is -3.14. The average Bonchev–Trinajstić information content (AvgIpc) is 3.94. The number of benzene rings is 1. The van der Waals surface area contributed by atoms with Crippen molar-refractivity contribution in [2.45, 2.75) is 108 Å². The Morgan fingerprint density at radius 3 is 2.24 bits per heavy atom. The van der Waals surface area contributed by atoms with Gasteiger partial charge in [0.2, 0.25) is 0 Å². The Labute approximate surface area is 336 Å². The topological polar surface area (TPSA) is 146 Å². The summed E-state index contributed by atoms with van der Waals surface area (Å²) in [5, 5.41) is 16.7. The van der Waals surface area contributed by atoms with Crippen molar-refractivity contribution in [3.05, 3.63) is 63.0 Å². The van der Waals surface area contributed by atoms with Crippen LogP contribution in [0.5, 0.6) is 0 Å². The number of ketones is 2. The molecule has 12 nitrogen and oxygen atoms in total. The van der Waals surface area contributed by atoms with Gasteiger partial charge < -0.3 is 24.8 Å². The van der Waals surface area contributed by atoms with Crippen molar-refractivity contribution in [2.75, 3.05) is 45.4 Å². The number of rotatable bonds is 24. The van der Waals surface area contributed by atoms with Crippen molar-refractivity contribution < 1.29 is 28.6 Å². The summed E-state index contributed by atoms with van der Waals surface area (Å²) >= 11 is 9.81. The van der Waals surface area contributed by atoms with Crippen LogP contribution in [0.1, 0.15) is 104 Å². The minimum absolute atomic E-state index is 0.0491. The lowest BCUT2D eigenvalue weighted by molar-refractivity contribution is -0.120. The number of nitrogens with one attached hydrogen (secondary N) is 2. The third-order valence-electron chi connectivity index (χ3n) is 10.4. The van der Waals surface area contributed by atoms with Gasteiger partial charge in [-0.15, -0.1) is 21.5 Å². The predicted octanol–water partition coefficient (Wildman–Crippen LogP) is 7.14. The summed E-state index contributed by atoms with van der Waals surface area (Å²) < 4.78 is 19.0. The van der Waals surface area contributed by atoms with Crippen LogP contribution < -0.4 is 10.6 Å². The summed E-state index contributed by atoms with van der Waals surface area (Å²) in [6, 6.07) is 7.68. The van der Waals surface area contributed by atoms with Crippen molar-refractivity contribution in [1.82, 2.24) is 25.4 Å². The third kappa shape index (κ3) is 11.5. The first-order valence-electron chi connectivity index (χ1n) is 19.6. The van der Waals surface area contributed by atoms with E-state index in [1.807, 2.05) is 40.6 Å². The number of thiophene rings is 1. The molecule has 0 saturated carbocycles. The third-order valence-corrected chi connectivity index (χ3v) is 13.4. The summed E-state index contributed by atoms with van der Waals surface area (Å²) in [6.45, 7) is 7.41. The number of hydrogen-bond acceptors (Lipinski definition) is 11. The second kappa shape index (κ2) is 20.9. The normalized spacial score (nSPS) is 20.0. The molecule has 0 unspecified atom stereocenters. The number of Topliss-reactive ketones (excluding diaryl/α,β-unsaturated/α-hetero) is 2. The first-order valence-corrected chi connectivity index (χ1v) is 21.8. The van der Waals surface area contributed by atoms with Gasteiger partial charge in [0.1, 0.15) is 28.9 Å². The number of fused-ring (bicyclic) bond motifs is 4. The molecule has 15 heteroatoms. The molecule has 2 fully saturated rings. The highest BCUT2D eigenvalue weighted by atomic mass is 35.5. The standard InChI is InChI=1S/C40H53ClN6O6S2/c1-26-27(2)55-39-35(26)36(28-13-15-29(41)16-14-28)43-32(38-46-42-25-47(38)39)23-31(49)11-6-8-18-52-20-22-53-21-19-51-17-7-5-10-30(48)9-3-4-12-34-37-33(24-54-34)44-40(50)45-37/h13-16,25,32-34,37H,3-12,17-24H2,1-2H3,(H2,44,45,50)/t32-,33-,34-,37-/m1/s1. The van der Waals surface area contributed by atoms with Gasteiger partial charge in [0.25, 0.3) is 0 Å². The van der Waals surface area contributed by atoms with E-state index in [1.54, 1.807) is 17.7 Å². The maximum absolute atomic E-state index is 13.2. The van der Waals surface area contributed by atoms with Crippen LogP contribution in [0.3, 0.4) is 0 Å². The van der Waals surface area contributed by atoms with Crippen LogP contribution in [0.25, 0.3) is 5.00 Å². The van der Waals surface area contributed by atoms with Crippen molar-refractivity contribution in [2.24, 2.45) is 4.99 Å². The zero-order valence-corrected chi connectivity index (χ0v) is 34.2. The van der Waals surface area contributed by atoms with E-state index in [4.69, 9.17) is 30.8 Å². The van der Waals surface area contributed by atoms with Gasteiger partial charge in [-0.3, -0.25) is 19.1 Å². The number of amides is 2. The Morgan fingerprint density at radius 2 is 1.53 bits per heavy atom. The molecule has 0 aliphatic carbocycles. The minimum atomic E-state index is -0.444. The van der Waals surface area contributed by atoms with Crippen LogP contribution in [0, 0.1) is 13.8 Å². The van der Waals surface area contributed by atoms with Crippen molar-refractivity contribution in [1.29, 1.82) is 0 Å². The molecule has 4 atom stereocenters. The number of unbranched alkanes of at least 4 members (excludes halogenated alkanes) is 3. The first-order chi connectivity index (χ1) is 26.8. The number of aromatic nitrogens is 3. The molecule has 3 aliphatic heterocycles. The van der Waals surface area contributed by atoms with Crippen molar-refractivity contribution in [3.8, 4) is 5.00 Å². The van der Waals surface area contributed by atoms with E-state index in [2.05, 4.69) is 34.7 Å². The lowest BCUT2D eigenvalue weighted by atomic mass is 9.99. The van der Waals surface area contributed by atoms with E-state index < -0.39 is 6.04 Å². The fourth-order valence-electron chi connectivity index (χ4n) is 7.27. The van der Waals surface area contributed by atoms with Gasteiger partial charge >= 0.3 is 6.03 Å². The van der Waals surface area contributed by atoms with E-state index >= 15 is 0 Å². The van der Waals surface area contributed by atoms with E-state index in [0.29, 0.717) is 80.8 Å². The number of aryl methyl sites for hydroxylation is 1. The molecule has 5 heterocycles. The van der Waals surface area contributed by atoms with Crippen LogP contribution >= 0.6 is 34.7 Å². The Morgan fingerprint density at radius 1 is 0.873 bits per heavy atom. The van der Waals surface area contributed by atoms with Gasteiger partial charge in [-0.2, -0.15) is 11.8 Å². The molecular weight excluding hydrogens is 760 g/mol. The highest BCUT2D eigenvalue weighted by Gasteiger charge is 2.42. The molecular formula is C40H53ClN6O6S2. The lowest BCUT2D eigenvalue weighted by Crippen LogP contribution is -2.36. The molecule has 0 radical (unpaired) electrons. The predicted molar refractivity (Wildman–Crippen MR) is 217 cm³/mol. The van der Waals surface area contributed by atoms with Crippen LogP contribution in [0.4, 0.5) is 4.79 Å². The maximum Gasteiger partial charge on any atom is 0.315 e. The highest BCUT2D eigenvalue weighted by Crippen LogP contribution is 2.39. The molecule has 0 spiro atoms. The van der Waals surface area contributed by atoms with Crippen LogP contribution in [-0.4, -0.2) is 101 Å². The summed E-state index contributed by atoms with van der Waals surface area (Å²) in [7, 11) is 0. The zero-order valence-electron chi connectivity index (χ0n) is 31.9. The summed E-state index contributed by atoms with van der Waals surface area (Å²) in [5.74, 6) is 2.11. The number of ether oxygens (including phenoxy) is 3. The number of carbonyl (C=O) groups excluding carboxylic acids is 3. The van der Waals surface area contributed by atoms with Gasteiger partial charge in [-0.05, 0) is 70.1 Å². The van der Waals surface area contributed by atoms with Gasteiger partial charge in [0.15, 0.2) is 5.82 Å². The van der Waals surface area contributed by atoms with Gasteiger partial charge in [-0.25, -0.2) is 4.79 Å². The smallest absolute Gasteiger partial charge is 0.315 e. The SMILES string of the molecule is Cc1sc2c(c1C)C(c1ccc(Cl)cc1)=N[C@H](CC(=O)CCCCOCCOCCOCCCCC(=O)CCCC[C@H]1SC[C@H]3NC(=O)N[C@H]31)c1nncn1-2. The van der Waals surface area contributed by atoms with E-state index in [9.17, 15) is 14.4 Å².